The monoisotopic (exact) mass is 325 g/mol. The quantitative estimate of drug-likeness (QED) is 0.928. The van der Waals surface area contributed by atoms with Crippen LogP contribution in [0, 0.1) is 0 Å². The van der Waals surface area contributed by atoms with Gasteiger partial charge in [-0.25, -0.2) is 10.1 Å². The van der Waals surface area contributed by atoms with E-state index in [0.717, 1.165) is 5.76 Å². The van der Waals surface area contributed by atoms with E-state index in [0.29, 0.717) is 41.4 Å². The van der Waals surface area contributed by atoms with E-state index in [4.69, 9.17) is 32.5 Å². The fourth-order valence-electron chi connectivity index (χ4n) is 1.92. The summed E-state index contributed by atoms with van der Waals surface area (Å²) in [6.45, 7) is 1.64. The third-order valence-electron chi connectivity index (χ3n) is 2.94. The maximum Gasteiger partial charge on any atom is 0.223 e. The first-order valence-electron chi connectivity index (χ1n) is 6.42. The lowest BCUT2D eigenvalue weighted by Gasteiger charge is -2.20. The van der Waals surface area contributed by atoms with Gasteiger partial charge in [-0.05, 0) is 24.3 Å². The molecule has 110 valence electrons. The summed E-state index contributed by atoms with van der Waals surface area (Å²) in [7, 11) is 0. The summed E-state index contributed by atoms with van der Waals surface area (Å²) in [5.41, 5.74) is 0.619. The van der Waals surface area contributed by atoms with Crippen LogP contribution in [0.1, 0.15) is 5.76 Å². The van der Waals surface area contributed by atoms with E-state index < -0.39 is 0 Å². The number of nitrogens with zero attached hydrogens (tertiary/aromatic N) is 2. The molecular formula is C14H13Cl2N3O2. The van der Waals surface area contributed by atoms with Crippen LogP contribution in [0.15, 0.2) is 46.0 Å². The minimum Gasteiger partial charge on any atom is -0.467 e. The van der Waals surface area contributed by atoms with Gasteiger partial charge in [-0.1, -0.05) is 29.3 Å². The number of benzene rings is 1. The highest BCUT2D eigenvalue weighted by Gasteiger charge is 2.20. The first-order valence-corrected chi connectivity index (χ1v) is 7.18. The summed E-state index contributed by atoms with van der Waals surface area (Å²) in [5, 5.41) is 5.84. The minimum absolute atomic E-state index is 0.337. The summed E-state index contributed by atoms with van der Waals surface area (Å²) < 4.78 is 5.23. The number of hydrogen-bond acceptors (Lipinski definition) is 5. The Hall–Kier alpha value is -1.69. The summed E-state index contributed by atoms with van der Waals surface area (Å²) >= 11 is 12.3. The van der Waals surface area contributed by atoms with E-state index in [-0.39, 0.29) is 0 Å². The Morgan fingerprint density at radius 2 is 2.05 bits per heavy atom. The lowest BCUT2D eigenvalue weighted by Crippen LogP contribution is -2.33. The Kier molecular flexibility index (Phi) is 4.34. The molecule has 2 aromatic rings. The number of hydrogen-bond donors (Lipinski definition) is 1. The molecule has 1 N–H and O–H groups in total. The summed E-state index contributed by atoms with van der Waals surface area (Å²) in [6.07, 6.45) is 1.61. The molecule has 0 saturated heterocycles. The molecule has 7 heteroatoms. The van der Waals surface area contributed by atoms with Crippen LogP contribution in [0.4, 0.5) is 5.69 Å². The van der Waals surface area contributed by atoms with Crippen LogP contribution in [0.3, 0.4) is 0 Å². The Morgan fingerprint density at radius 3 is 2.76 bits per heavy atom. The Morgan fingerprint density at radius 1 is 1.24 bits per heavy atom. The predicted molar refractivity (Wildman–Crippen MR) is 82.6 cm³/mol. The number of furan rings is 1. The molecule has 3 rings (SSSR count). The fraction of sp³-hybridized carbons (Fsp3) is 0.214. The lowest BCUT2D eigenvalue weighted by molar-refractivity contribution is -0.108. The molecular weight excluding hydrogens is 313 g/mol. The first kappa shape index (κ1) is 14.3. The molecule has 0 saturated carbocycles. The maximum absolute atomic E-state index is 6.14. The average molecular weight is 326 g/mol. The maximum atomic E-state index is 6.14. The highest BCUT2D eigenvalue weighted by Crippen LogP contribution is 2.30. The van der Waals surface area contributed by atoms with Crippen molar-refractivity contribution in [2.45, 2.75) is 6.61 Å². The van der Waals surface area contributed by atoms with Crippen LogP contribution < -0.4 is 5.32 Å². The van der Waals surface area contributed by atoms with Gasteiger partial charge in [0.25, 0.3) is 0 Å². The van der Waals surface area contributed by atoms with Crippen molar-refractivity contribution in [1.29, 1.82) is 0 Å². The zero-order valence-corrected chi connectivity index (χ0v) is 12.6. The Bertz CT molecular complexity index is 623. The minimum atomic E-state index is 0.337. The molecule has 1 aromatic carbocycles. The van der Waals surface area contributed by atoms with Crippen LogP contribution in [-0.2, 0) is 11.4 Å². The Balaban J connectivity index is 1.67. The van der Waals surface area contributed by atoms with Gasteiger partial charge in [0.05, 0.1) is 35.1 Å². The molecule has 0 spiro atoms. The third-order valence-corrected chi connectivity index (χ3v) is 3.57. The van der Waals surface area contributed by atoms with Crippen molar-refractivity contribution in [2.24, 2.45) is 4.99 Å². The second-order valence-electron chi connectivity index (χ2n) is 4.38. The average Bonchev–Trinajstić information content (AvgIpc) is 3.12. The van der Waals surface area contributed by atoms with Gasteiger partial charge in [0.1, 0.15) is 12.4 Å². The van der Waals surface area contributed by atoms with Crippen molar-refractivity contribution in [1.82, 2.24) is 5.06 Å². The number of guanidine groups is 1. The molecule has 1 aliphatic rings. The number of aliphatic imine (C=N–C) groups is 1. The van der Waals surface area contributed by atoms with Crippen molar-refractivity contribution in [2.75, 3.05) is 18.4 Å². The molecule has 0 fully saturated rings. The van der Waals surface area contributed by atoms with Gasteiger partial charge in [0, 0.05) is 0 Å². The molecule has 5 nitrogen and oxygen atoms in total. The summed E-state index contributed by atoms with van der Waals surface area (Å²) in [5.74, 6) is 1.33. The number of hydroxylamine groups is 2. The van der Waals surface area contributed by atoms with Gasteiger partial charge in [-0.15, -0.1) is 0 Å². The highest BCUT2D eigenvalue weighted by molar-refractivity contribution is 6.39. The van der Waals surface area contributed by atoms with Gasteiger partial charge in [0.15, 0.2) is 0 Å². The van der Waals surface area contributed by atoms with Crippen LogP contribution in [-0.4, -0.2) is 24.1 Å². The summed E-state index contributed by atoms with van der Waals surface area (Å²) in [6, 6.07) is 8.99. The number of anilines is 1. The predicted octanol–water partition coefficient (Wildman–Crippen LogP) is 3.80. The van der Waals surface area contributed by atoms with E-state index in [1.807, 2.05) is 12.1 Å². The molecule has 0 amide bonds. The largest absolute Gasteiger partial charge is 0.467 e. The molecule has 1 aromatic heterocycles. The van der Waals surface area contributed by atoms with E-state index >= 15 is 0 Å². The van der Waals surface area contributed by atoms with Crippen LogP contribution >= 0.6 is 23.2 Å². The van der Waals surface area contributed by atoms with Crippen LogP contribution in [0.5, 0.6) is 0 Å². The Labute approximate surface area is 132 Å². The molecule has 1 aliphatic heterocycles. The van der Waals surface area contributed by atoms with Crippen molar-refractivity contribution < 1.29 is 9.25 Å². The molecule has 0 bridgehead atoms. The van der Waals surface area contributed by atoms with Gasteiger partial charge >= 0.3 is 0 Å². The molecule has 2 heterocycles. The van der Waals surface area contributed by atoms with Gasteiger partial charge in [-0.2, -0.15) is 0 Å². The number of rotatable bonds is 4. The van der Waals surface area contributed by atoms with E-state index in [9.17, 15) is 0 Å². The molecule has 0 unspecified atom stereocenters. The number of nitrogens with one attached hydrogen (secondary N) is 1. The van der Waals surface area contributed by atoms with E-state index in [1.54, 1.807) is 29.5 Å². The van der Waals surface area contributed by atoms with Gasteiger partial charge < -0.3 is 9.73 Å². The van der Waals surface area contributed by atoms with Crippen molar-refractivity contribution in [3.8, 4) is 0 Å². The third kappa shape index (κ3) is 3.32. The molecule has 0 radical (unpaired) electrons. The lowest BCUT2D eigenvalue weighted by atomic mass is 10.3. The zero-order valence-electron chi connectivity index (χ0n) is 11.1. The fourth-order valence-corrected chi connectivity index (χ4v) is 2.42. The zero-order chi connectivity index (χ0) is 14.7. The SMILES string of the molecule is Clc1cccc(Cl)c1NC1=NCCN1OCc1ccco1. The van der Waals surface area contributed by atoms with Gasteiger partial charge in [0.2, 0.25) is 5.96 Å². The van der Waals surface area contributed by atoms with Crippen molar-refractivity contribution in [3.63, 3.8) is 0 Å². The molecule has 0 aliphatic carbocycles. The van der Waals surface area contributed by atoms with E-state index in [1.165, 1.54) is 0 Å². The number of para-hydroxylation sites is 1. The first-order chi connectivity index (χ1) is 10.2. The van der Waals surface area contributed by atoms with Crippen LogP contribution in [0.2, 0.25) is 10.0 Å². The van der Waals surface area contributed by atoms with Gasteiger partial charge in [-0.3, -0.25) is 4.84 Å². The van der Waals surface area contributed by atoms with Crippen molar-refractivity contribution >= 4 is 34.8 Å². The van der Waals surface area contributed by atoms with Crippen LogP contribution in [0.25, 0.3) is 0 Å². The second kappa shape index (κ2) is 6.39. The topological polar surface area (TPSA) is 50.0 Å². The van der Waals surface area contributed by atoms with E-state index in [2.05, 4.69) is 10.3 Å². The molecule has 0 atom stereocenters. The van der Waals surface area contributed by atoms with Crippen molar-refractivity contribution in [3.05, 3.63) is 52.4 Å². The second-order valence-corrected chi connectivity index (χ2v) is 5.20. The number of halogens is 2. The standard InChI is InChI=1S/C14H13Cl2N3O2/c15-11-4-1-5-12(16)13(11)18-14-17-6-7-19(14)21-9-10-3-2-8-20-10/h1-5,8H,6-7,9H2,(H,17,18). The summed E-state index contributed by atoms with van der Waals surface area (Å²) in [4.78, 5) is 10.0. The normalized spacial score (nSPS) is 14.4. The molecule has 21 heavy (non-hydrogen) atoms. The highest BCUT2D eigenvalue weighted by atomic mass is 35.5. The smallest absolute Gasteiger partial charge is 0.223 e.